The molecule has 1 amide bonds. The lowest BCUT2D eigenvalue weighted by Gasteiger charge is -2.40. The number of aryl methyl sites for hydroxylation is 1. The van der Waals surface area contributed by atoms with Gasteiger partial charge in [-0.25, -0.2) is 9.87 Å². The first-order chi connectivity index (χ1) is 18.0. The highest BCUT2D eigenvalue weighted by Crippen LogP contribution is 2.42. The number of piperidine rings is 1. The number of methoxy groups -OCH3 is 1. The Morgan fingerprint density at radius 1 is 1.22 bits per heavy atom. The zero-order valence-corrected chi connectivity index (χ0v) is 22.0. The Morgan fingerprint density at radius 3 is 2.68 bits per heavy atom. The van der Waals surface area contributed by atoms with E-state index in [9.17, 15) is 10.0 Å². The van der Waals surface area contributed by atoms with Gasteiger partial charge in [-0.2, -0.15) is 0 Å². The normalized spacial score (nSPS) is 16.4. The van der Waals surface area contributed by atoms with Gasteiger partial charge in [0.05, 0.1) is 23.1 Å². The Hall–Kier alpha value is -2.74. The molecule has 6 nitrogen and oxygen atoms in total. The number of fused-ring (bicyclic) bond motifs is 1. The second kappa shape index (κ2) is 12.7. The summed E-state index contributed by atoms with van der Waals surface area (Å²) in [7, 11) is 1.55. The van der Waals surface area contributed by atoms with Crippen molar-refractivity contribution in [2.45, 2.75) is 51.1 Å². The standard InChI is InChI=1S/C29H35ClFN3O3/c1-37-22-10-11-26-23(19-22)27(24(30)20-32-26)25(31)12-13-29(28(35)33-36)14-17-34(18-15-29)16-6-5-9-21-7-3-2-4-8-21/h2-4,7-8,10-11,19-20,25,36H,5-6,9,12-18H2,1H3,(H,33,35). The van der Waals surface area contributed by atoms with Crippen LogP contribution in [-0.2, 0) is 11.2 Å². The molecule has 0 saturated carbocycles. The summed E-state index contributed by atoms with van der Waals surface area (Å²) in [5, 5.41) is 10.3. The zero-order chi connectivity index (χ0) is 26.3. The summed E-state index contributed by atoms with van der Waals surface area (Å²) in [5.41, 5.74) is 3.38. The fourth-order valence-electron chi connectivity index (χ4n) is 5.38. The number of hydrogen-bond donors (Lipinski definition) is 2. The predicted molar refractivity (Wildman–Crippen MR) is 144 cm³/mol. The average Bonchev–Trinajstić information content (AvgIpc) is 2.94. The summed E-state index contributed by atoms with van der Waals surface area (Å²) in [6.45, 7) is 2.45. The average molecular weight is 528 g/mol. The summed E-state index contributed by atoms with van der Waals surface area (Å²) >= 11 is 6.39. The van der Waals surface area contributed by atoms with E-state index in [1.165, 1.54) is 11.8 Å². The van der Waals surface area contributed by atoms with Gasteiger partial charge in [0.2, 0.25) is 5.91 Å². The molecule has 198 valence electrons. The number of carbonyl (C=O) groups excluding carboxylic acids is 1. The Morgan fingerprint density at radius 2 is 1.97 bits per heavy atom. The van der Waals surface area contributed by atoms with Gasteiger partial charge < -0.3 is 9.64 Å². The molecule has 1 saturated heterocycles. The Labute approximate surface area is 222 Å². The molecule has 3 aromatic rings. The highest BCUT2D eigenvalue weighted by atomic mass is 35.5. The molecule has 1 atom stereocenters. The zero-order valence-electron chi connectivity index (χ0n) is 21.3. The van der Waals surface area contributed by atoms with Gasteiger partial charge in [0.1, 0.15) is 11.9 Å². The van der Waals surface area contributed by atoms with Crippen molar-refractivity contribution in [1.29, 1.82) is 0 Å². The summed E-state index contributed by atoms with van der Waals surface area (Å²) < 4.78 is 21.0. The first-order valence-electron chi connectivity index (χ1n) is 12.9. The van der Waals surface area contributed by atoms with Crippen molar-refractivity contribution in [2.75, 3.05) is 26.7 Å². The number of halogens is 2. The third-order valence-electron chi connectivity index (χ3n) is 7.69. The predicted octanol–water partition coefficient (Wildman–Crippen LogP) is 6.30. The maximum atomic E-state index is 15.7. The molecule has 0 spiro atoms. The van der Waals surface area contributed by atoms with Gasteiger partial charge in [-0.1, -0.05) is 41.9 Å². The maximum Gasteiger partial charge on any atom is 0.249 e. The fraction of sp³-hybridized carbons (Fsp3) is 0.448. The van der Waals surface area contributed by atoms with Crippen LogP contribution in [0.1, 0.15) is 55.8 Å². The molecule has 2 N–H and O–H groups in total. The van der Waals surface area contributed by atoms with Crippen LogP contribution in [0.5, 0.6) is 5.75 Å². The molecule has 1 unspecified atom stereocenters. The molecule has 1 aromatic heterocycles. The Kier molecular flexibility index (Phi) is 9.35. The van der Waals surface area contributed by atoms with Crippen LogP contribution in [0.2, 0.25) is 5.02 Å². The number of alkyl halides is 1. The Balaban J connectivity index is 1.36. The fourth-order valence-corrected chi connectivity index (χ4v) is 5.65. The number of ether oxygens (including phenoxy) is 1. The van der Waals surface area contributed by atoms with E-state index in [0.29, 0.717) is 41.5 Å². The smallest absolute Gasteiger partial charge is 0.249 e. The van der Waals surface area contributed by atoms with Crippen LogP contribution in [-0.4, -0.2) is 47.7 Å². The van der Waals surface area contributed by atoms with Gasteiger partial charge in [0.15, 0.2) is 0 Å². The summed E-state index contributed by atoms with van der Waals surface area (Å²) in [4.78, 5) is 19.4. The Bertz CT molecular complexity index is 1190. The van der Waals surface area contributed by atoms with Gasteiger partial charge in [-0.15, -0.1) is 0 Å². The van der Waals surface area contributed by atoms with E-state index in [2.05, 4.69) is 34.1 Å². The van der Waals surface area contributed by atoms with Crippen molar-refractivity contribution in [3.63, 3.8) is 0 Å². The molecule has 1 aliphatic rings. The third kappa shape index (κ3) is 6.58. The van der Waals surface area contributed by atoms with E-state index in [0.717, 1.165) is 38.9 Å². The van der Waals surface area contributed by atoms with E-state index in [-0.39, 0.29) is 11.4 Å². The van der Waals surface area contributed by atoms with Gasteiger partial charge in [-0.05, 0) is 88.3 Å². The van der Waals surface area contributed by atoms with Crippen LogP contribution >= 0.6 is 11.6 Å². The molecule has 37 heavy (non-hydrogen) atoms. The SMILES string of the molecule is COc1ccc2ncc(Cl)c(C(F)CCC3(C(=O)NO)CCN(CCCCc4ccccc4)CC3)c2c1. The van der Waals surface area contributed by atoms with Crippen molar-refractivity contribution in [3.05, 3.63) is 70.9 Å². The quantitative estimate of drug-likeness (QED) is 0.174. The minimum Gasteiger partial charge on any atom is -0.497 e. The van der Waals surface area contributed by atoms with Crippen LogP contribution in [0.4, 0.5) is 4.39 Å². The van der Waals surface area contributed by atoms with Gasteiger partial charge in [0.25, 0.3) is 0 Å². The number of benzene rings is 2. The molecule has 2 heterocycles. The largest absolute Gasteiger partial charge is 0.497 e. The monoisotopic (exact) mass is 527 g/mol. The van der Waals surface area contributed by atoms with Crippen LogP contribution < -0.4 is 10.2 Å². The van der Waals surface area contributed by atoms with Crippen molar-refractivity contribution in [2.24, 2.45) is 5.41 Å². The number of pyridine rings is 1. The van der Waals surface area contributed by atoms with Gasteiger partial charge in [0, 0.05) is 17.1 Å². The minimum absolute atomic E-state index is 0.112. The number of unbranched alkanes of at least 4 members (excludes halogenated alkanes) is 1. The summed E-state index contributed by atoms with van der Waals surface area (Å²) in [6, 6.07) is 15.8. The number of likely N-dealkylation sites (tertiary alicyclic amines) is 1. The molecule has 2 aromatic carbocycles. The molecule has 4 rings (SSSR count). The van der Waals surface area contributed by atoms with E-state index < -0.39 is 17.5 Å². The molecular formula is C29H35ClFN3O3. The summed E-state index contributed by atoms with van der Waals surface area (Å²) in [5.74, 6) is 0.160. The second-order valence-electron chi connectivity index (χ2n) is 9.91. The number of carbonyl (C=O) groups is 1. The van der Waals surface area contributed by atoms with Gasteiger partial charge >= 0.3 is 0 Å². The molecular weight excluding hydrogens is 493 g/mol. The molecule has 8 heteroatoms. The van der Waals surface area contributed by atoms with Crippen LogP contribution in [0.3, 0.4) is 0 Å². The number of amides is 1. The number of nitrogens with one attached hydrogen (secondary N) is 1. The number of hydrogen-bond acceptors (Lipinski definition) is 5. The molecule has 1 aliphatic heterocycles. The highest BCUT2D eigenvalue weighted by Gasteiger charge is 2.41. The number of aromatic nitrogens is 1. The van der Waals surface area contributed by atoms with E-state index >= 15 is 4.39 Å². The minimum atomic E-state index is -1.38. The lowest BCUT2D eigenvalue weighted by molar-refractivity contribution is -0.143. The van der Waals surface area contributed by atoms with Crippen molar-refractivity contribution < 1.29 is 19.1 Å². The van der Waals surface area contributed by atoms with Crippen molar-refractivity contribution in [1.82, 2.24) is 15.4 Å². The first kappa shape index (κ1) is 27.3. The number of nitrogens with zero attached hydrogens (tertiary/aromatic N) is 2. The van der Waals surface area contributed by atoms with E-state index in [1.54, 1.807) is 25.3 Å². The lowest BCUT2D eigenvalue weighted by atomic mass is 9.73. The molecule has 0 aliphatic carbocycles. The lowest BCUT2D eigenvalue weighted by Crippen LogP contribution is -2.48. The molecule has 1 fully saturated rings. The highest BCUT2D eigenvalue weighted by molar-refractivity contribution is 6.32. The van der Waals surface area contributed by atoms with Crippen LogP contribution in [0.25, 0.3) is 10.9 Å². The second-order valence-corrected chi connectivity index (χ2v) is 10.3. The maximum absolute atomic E-state index is 15.7. The van der Waals surface area contributed by atoms with Crippen LogP contribution in [0, 0.1) is 5.41 Å². The number of rotatable bonds is 11. The molecule has 0 bridgehead atoms. The van der Waals surface area contributed by atoms with E-state index in [4.69, 9.17) is 16.3 Å². The molecule has 0 radical (unpaired) electrons. The van der Waals surface area contributed by atoms with Crippen molar-refractivity contribution >= 4 is 28.4 Å². The number of hydroxylamine groups is 1. The first-order valence-corrected chi connectivity index (χ1v) is 13.3. The topological polar surface area (TPSA) is 74.7 Å². The van der Waals surface area contributed by atoms with Crippen molar-refractivity contribution in [3.8, 4) is 5.75 Å². The van der Waals surface area contributed by atoms with E-state index in [1.807, 2.05) is 11.5 Å². The van der Waals surface area contributed by atoms with Crippen LogP contribution in [0.15, 0.2) is 54.7 Å². The third-order valence-corrected chi connectivity index (χ3v) is 7.99. The van der Waals surface area contributed by atoms with Gasteiger partial charge in [-0.3, -0.25) is 15.0 Å². The summed E-state index contributed by atoms with van der Waals surface area (Å²) in [6.07, 6.45) is 4.89.